The van der Waals surface area contributed by atoms with Gasteiger partial charge >= 0.3 is 0 Å². The second kappa shape index (κ2) is 6.46. The van der Waals surface area contributed by atoms with E-state index in [1.807, 2.05) is 25.2 Å². The molecule has 1 unspecified atom stereocenters. The Kier molecular flexibility index (Phi) is 4.89. The first-order valence-corrected chi connectivity index (χ1v) is 7.42. The molecular formula is C15H22ClN3O. The van der Waals surface area contributed by atoms with Crippen LogP contribution >= 0.6 is 11.6 Å². The first-order valence-electron chi connectivity index (χ1n) is 7.04. The van der Waals surface area contributed by atoms with E-state index >= 15 is 0 Å². The van der Waals surface area contributed by atoms with Crippen LogP contribution in [0, 0.1) is 0 Å². The normalized spacial score (nSPS) is 17.5. The molecule has 1 aromatic carbocycles. The molecule has 1 saturated heterocycles. The molecule has 5 heteroatoms. The van der Waals surface area contributed by atoms with Crippen LogP contribution in [0.2, 0.25) is 5.02 Å². The number of piperazine rings is 1. The number of nitrogens with zero attached hydrogens (tertiary/aromatic N) is 2. The van der Waals surface area contributed by atoms with Gasteiger partial charge in [-0.3, -0.25) is 4.79 Å². The van der Waals surface area contributed by atoms with Crippen LogP contribution in [-0.4, -0.2) is 44.0 Å². The molecule has 0 aliphatic carbocycles. The Morgan fingerprint density at radius 3 is 2.75 bits per heavy atom. The van der Waals surface area contributed by atoms with Crippen LogP contribution in [0.5, 0.6) is 0 Å². The minimum absolute atomic E-state index is 0.150. The van der Waals surface area contributed by atoms with Crippen molar-refractivity contribution in [3.63, 3.8) is 0 Å². The summed E-state index contributed by atoms with van der Waals surface area (Å²) in [7, 11) is 1.84. The number of anilines is 1. The number of carbonyl (C=O) groups is 1. The summed E-state index contributed by atoms with van der Waals surface area (Å²) in [5.74, 6) is 0.150. The summed E-state index contributed by atoms with van der Waals surface area (Å²) in [6.45, 7) is 7.12. The first-order chi connectivity index (χ1) is 9.52. The van der Waals surface area contributed by atoms with E-state index in [0.29, 0.717) is 6.54 Å². The van der Waals surface area contributed by atoms with Crippen LogP contribution in [0.1, 0.15) is 25.5 Å². The van der Waals surface area contributed by atoms with Crippen LogP contribution in [0.25, 0.3) is 0 Å². The summed E-state index contributed by atoms with van der Waals surface area (Å²) >= 11 is 6.38. The van der Waals surface area contributed by atoms with Gasteiger partial charge in [-0.25, -0.2) is 0 Å². The molecule has 20 heavy (non-hydrogen) atoms. The van der Waals surface area contributed by atoms with Crippen LogP contribution in [0.3, 0.4) is 0 Å². The van der Waals surface area contributed by atoms with Crippen LogP contribution < -0.4 is 10.2 Å². The zero-order valence-corrected chi connectivity index (χ0v) is 13.1. The van der Waals surface area contributed by atoms with Gasteiger partial charge in [-0.1, -0.05) is 24.6 Å². The zero-order chi connectivity index (χ0) is 14.7. The molecule has 1 amide bonds. The lowest BCUT2D eigenvalue weighted by molar-refractivity contribution is -0.129. The highest BCUT2D eigenvalue weighted by Gasteiger charge is 2.21. The van der Waals surface area contributed by atoms with Gasteiger partial charge in [0.25, 0.3) is 0 Å². The fraction of sp³-hybridized carbons (Fsp3) is 0.533. The zero-order valence-electron chi connectivity index (χ0n) is 12.3. The van der Waals surface area contributed by atoms with Gasteiger partial charge in [0, 0.05) is 36.9 Å². The number of benzene rings is 1. The number of amides is 1. The molecule has 1 N–H and O–H groups in total. The Hall–Kier alpha value is -1.26. The van der Waals surface area contributed by atoms with Gasteiger partial charge in [0.15, 0.2) is 0 Å². The second-order valence-corrected chi connectivity index (χ2v) is 5.63. The summed E-state index contributed by atoms with van der Waals surface area (Å²) in [6.07, 6.45) is 0. The third kappa shape index (κ3) is 3.25. The topological polar surface area (TPSA) is 35.6 Å². The number of hydrogen-bond acceptors (Lipinski definition) is 3. The van der Waals surface area contributed by atoms with Crippen LogP contribution in [0.15, 0.2) is 18.2 Å². The Balaban J connectivity index is 2.15. The number of rotatable bonds is 4. The van der Waals surface area contributed by atoms with E-state index in [1.54, 1.807) is 4.90 Å². The predicted molar refractivity (Wildman–Crippen MR) is 83.4 cm³/mol. The highest BCUT2D eigenvalue weighted by molar-refractivity contribution is 6.31. The Morgan fingerprint density at radius 2 is 2.15 bits per heavy atom. The molecule has 110 valence electrons. The lowest BCUT2D eigenvalue weighted by Gasteiger charge is -2.33. The van der Waals surface area contributed by atoms with Gasteiger partial charge in [0.2, 0.25) is 5.91 Å². The third-order valence-corrected chi connectivity index (χ3v) is 4.11. The summed E-state index contributed by atoms with van der Waals surface area (Å²) in [4.78, 5) is 15.6. The van der Waals surface area contributed by atoms with Crippen molar-refractivity contribution in [1.82, 2.24) is 10.2 Å². The first kappa shape index (κ1) is 15.1. The van der Waals surface area contributed by atoms with Crippen LogP contribution in [-0.2, 0) is 4.79 Å². The number of hydrogen-bond donors (Lipinski definition) is 1. The molecule has 4 nitrogen and oxygen atoms in total. The third-order valence-electron chi connectivity index (χ3n) is 3.78. The van der Waals surface area contributed by atoms with Gasteiger partial charge in [-0.2, -0.15) is 0 Å². The van der Waals surface area contributed by atoms with Crippen molar-refractivity contribution in [2.24, 2.45) is 0 Å². The van der Waals surface area contributed by atoms with E-state index in [9.17, 15) is 4.79 Å². The van der Waals surface area contributed by atoms with Gasteiger partial charge in [-0.15, -0.1) is 0 Å². The van der Waals surface area contributed by atoms with E-state index in [-0.39, 0.29) is 11.9 Å². The van der Waals surface area contributed by atoms with E-state index in [0.717, 1.165) is 35.9 Å². The van der Waals surface area contributed by atoms with Crippen molar-refractivity contribution < 1.29 is 4.79 Å². The highest BCUT2D eigenvalue weighted by atomic mass is 35.5. The monoisotopic (exact) mass is 295 g/mol. The second-order valence-electron chi connectivity index (χ2n) is 5.22. The molecule has 1 atom stereocenters. The maximum atomic E-state index is 11.8. The molecule has 1 aromatic rings. The number of carbonyl (C=O) groups excluding carboxylic acids is 1. The van der Waals surface area contributed by atoms with Crippen molar-refractivity contribution in [1.29, 1.82) is 0 Å². The minimum atomic E-state index is 0.150. The summed E-state index contributed by atoms with van der Waals surface area (Å²) < 4.78 is 0. The Bertz CT molecular complexity index is 492. The molecule has 1 fully saturated rings. The minimum Gasteiger partial charge on any atom is -0.360 e. The Morgan fingerprint density at radius 1 is 1.40 bits per heavy atom. The van der Waals surface area contributed by atoms with Crippen molar-refractivity contribution in [2.45, 2.75) is 19.9 Å². The standard InChI is InChI=1S/C15H22ClN3O/c1-4-17-11(2)13-6-5-12(9-14(13)16)19-8-7-18(3)15(20)10-19/h5-6,9,11,17H,4,7-8,10H2,1-3H3. The molecule has 2 rings (SSSR count). The van der Waals surface area contributed by atoms with E-state index in [4.69, 9.17) is 11.6 Å². The average Bonchev–Trinajstić information content (AvgIpc) is 2.42. The lowest BCUT2D eigenvalue weighted by Crippen LogP contribution is -2.48. The maximum absolute atomic E-state index is 11.8. The molecule has 0 spiro atoms. The van der Waals surface area contributed by atoms with Gasteiger partial charge in [-0.05, 0) is 31.2 Å². The van der Waals surface area contributed by atoms with E-state index in [2.05, 4.69) is 24.1 Å². The average molecular weight is 296 g/mol. The molecule has 1 heterocycles. The van der Waals surface area contributed by atoms with Crippen molar-refractivity contribution in [3.8, 4) is 0 Å². The van der Waals surface area contributed by atoms with Gasteiger partial charge < -0.3 is 15.1 Å². The molecule has 0 saturated carbocycles. The van der Waals surface area contributed by atoms with E-state index < -0.39 is 0 Å². The smallest absolute Gasteiger partial charge is 0.241 e. The summed E-state index contributed by atoms with van der Waals surface area (Å²) in [5.41, 5.74) is 2.11. The molecule has 1 aliphatic rings. The lowest BCUT2D eigenvalue weighted by atomic mass is 10.1. The number of halogens is 1. The summed E-state index contributed by atoms with van der Waals surface area (Å²) in [5, 5.41) is 4.11. The predicted octanol–water partition coefficient (Wildman–Crippen LogP) is 2.29. The van der Waals surface area contributed by atoms with Gasteiger partial charge in [0.1, 0.15) is 0 Å². The van der Waals surface area contributed by atoms with Crippen LogP contribution in [0.4, 0.5) is 5.69 Å². The van der Waals surface area contributed by atoms with Crippen molar-refractivity contribution in [2.75, 3.05) is 38.1 Å². The molecule has 0 bridgehead atoms. The molecular weight excluding hydrogens is 274 g/mol. The molecule has 0 aromatic heterocycles. The van der Waals surface area contributed by atoms with Crippen molar-refractivity contribution in [3.05, 3.63) is 28.8 Å². The summed E-state index contributed by atoms with van der Waals surface area (Å²) in [6, 6.07) is 6.29. The fourth-order valence-electron chi connectivity index (χ4n) is 2.46. The highest BCUT2D eigenvalue weighted by Crippen LogP contribution is 2.28. The number of nitrogens with one attached hydrogen (secondary N) is 1. The van der Waals surface area contributed by atoms with E-state index in [1.165, 1.54) is 0 Å². The SMILES string of the molecule is CCNC(C)c1ccc(N2CCN(C)C(=O)C2)cc1Cl. The Labute approximate surface area is 125 Å². The molecule has 0 radical (unpaired) electrons. The largest absolute Gasteiger partial charge is 0.360 e. The number of likely N-dealkylation sites (N-methyl/N-ethyl adjacent to an activating group) is 1. The fourth-order valence-corrected chi connectivity index (χ4v) is 2.80. The molecule has 1 aliphatic heterocycles. The van der Waals surface area contributed by atoms with Gasteiger partial charge in [0.05, 0.1) is 6.54 Å². The quantitative estimate of drug-likeness (QED) is 0.926. The van der Waals surface area contributed by atoms with Crippen molar-refractivity contribution >= 4 is 23.2 Å². The maximum Gasteiger partial charge on any atom is 0.241 e.